The molecule has 0 spiro atoms. The van der Waals surface area contributed by atoms with Gasteiger partial charge in [-0.1, -0.05) is 89.1 Å². The van der Waals surface area contributed by atoms with Gasteiger partial charge in [0.2, 0.25) is 0 Å². The minimum absolute atomic E-state index is 0.00912. The molecule has 3 nitrogen and oxygen atoms in total. The van der Waals surface area contributed by atoms with Crippen LogP contribution in [0.25, 0.3) is 0 Å². The zero-order valence-electron chi connectivity index (χ0n) is 16.7. The first-order valence-corrected chi connectivity index (χ1v) is 10.5. The summed E-state index contributed by atoms with van der Waals surface area (Å²) in [5.74, 6) is -0.263. The van der Waals surface area contributed by atoms with Crippen molar-refractivity contribution >= 4 is 6.29 Å². The molecule has 3 atom stereocenters. The van der Waals surface area contributed by atoms with Crippen molar-refractivity contribution in [2.45, 2.75) is 96.9 Å². The van der Waals surface area contributed by atoms with Crippen molar-refractivity contribution < 1.29 is 14.6 Å². The zero-order chi connectivity index (χ0) is 19.0. The fourth-order valence-electron chi connectivity index (χ4n) is 3.28. The fourth-order valence-corrected chi connectivity index (χ4v) is 3.28. The number of aldehydes is 1. The van der Waals surface area contributed by atoms with Crippen LogP contribution < -0.4 is 0 Å². The predicted octanol–water partition coefficient (Wildman–Crippen LogP) is 5.69. The van der Waals surface area contributed by atoms with Gasteiger partial charge in [-0.05, 0) is 18.4 Å². The van der Waals surface area contributed by atoms with Crippen LogP contribution in [-0.2, 0) is 16.1 Å². The molecule has 0 radical (unpaired) electrons. The highest BCUT2D eigenvalue weighted by Crippen LogP contribution is 2.21. The molecular formula is C23H38O3. The van der Waals surface area contributed by atoms with E-state index in [1.54, 1.807) is 0 Å². The van der Waals surface area contributed by atoms with Gasteiger partial charge in [0, 0.05) is 12.3 Å². The Hall–Kier alpha value is -1.19. The van der Waals surface area contributed by atoms with Gasteiger partial charge < -0.3 is 14.6 Å². The van der Waals surface area contributed by atoms with Crippen molar-refractivity contribution in [1.29, 1.82) is 0 Å². The molecule has 0 aliphatic heterocycles. The molecule has 0 aliphatic carbocycles. The van der Waals surface area contributed by atoms with E-state index >= 15 is 0 Å². The number of hydrogen-bond donors (Lipinski definition) is 1. The number of aliphatic hydroxyl groups is 1. The molecule has 0 saturated heterocycles. The summed E-state index contributed by atoms with van der Waals surface area (Å²) in [6.07, 6.45) is 10.6. The Morgan fingerprint density at radius 2 is 1.62 bits per heavy atom. The van der Waals surface area contributed by atoms with Crippen LogP contribution in [0.4, 0.5) is 0 Å². The summed E-state index contributed by atoms with van der Waals surface area (Å²) in [5.41, 5.74) is 1.15. The zero-order valence-corrected chi connectivity index (χ0v) is 16.7. The van der Waals surface area contributed by atoms with Crippen LogP contribution in [0.2, 0.25) is 0 Å². The van der Waals surface area contributed by atoms with E-state index in [1.165, 1.54) is 25.7 Å². The smallest absolute Gasteiger partial charge is 0.125 e. The van der Waals surface area contributed by atoms with Crippen LogP contribution >= 0.6 is 0 Å². The maximum absolute atomic E-state index is 11.4. The maximum Gasteiger partial charge on any atom is 0.125 e. The number of benzene rings is 1. The van der Waals surface area contributed by atoms with Gasteiger partial charge >= 0.3 is 0 Å². The topological polar surface area (TPSA) is 46.5 Å². The first-order chi connectivity index (χ1) is 12.7. The molecule has 148 valence electrons. The van der Waals surface area contributed by atoms with Gasteiger partial charge in [0.15, 0.2) is 0 Å². The molecule has 3 heteroatoms. The van der Waals surface area contributed by atoms with Crippen molar-refractivity contribution in [1.82, 2.24) is 0 Å². The van der Waals surface area contributed by atoms with Crippen molar-refractivity contribution in [3.63, 3.8) is 0 Å². The summed E-state index contributed by atoms with van der Waals surface area (Å²) in [5, 5.41) is 10.6. The minimum atomic E-state index is -0.600. The van der Waals surface area contributed by atoms with Crippen LogP contribution in [0.15, 0.2) is 30.3 Å². The van der Waals surface area contributed by atoms with Gasteiger partial charge in [0.1, 0.15) is 6.29 Å². The number of aliphatic hydroxyl groups excluding tert-OH is 1. The van der Waals surface area contributed by atoms with E-state index in [-0.39, 0.29) is 12.0 Å². The number of carbonyl (C=O) groups is 1. The van der Waals surface area contributed by atoms with Crippen molar-refractivity contribution in [3.05, 3.63) is 35.9 Å². The van der Waals surface area contributed by atoms with Gasteiger partial charge in [0.25, 0.3) is 0 Å². The third-order valence-corrected chi connectivity index (χ3v) is 5.02. The van der Waals surface area contributed by atoms with E-state index in [0.29, 0.717) is 13.0 Å². The summed E-state index contributed by atoms with van der Waals surface area (Å²) < 4.78 is 6.11. The van der Waals surface area contributed by atoms with Crippen LogP contribution in [-0.4, -0.2) is 23.6 Å². The highest BCUT2D eigenvalue weighted by molar-refractivity contribution is 5.54. The highest BCUT2D eigenvalue weighted by atomic mass is 16.5. The number of rotatable bonds is 16. The van der Waals surface area contributed by atoms with Crippen molar-refractivity contribution in [2.75, 3.05) is 0 Å². The molecule has 0 fully saturated rings. The molecule has 0 heterocycles. The Kier molecular flexibility index (Phi) is 13.1. The molecule has 1 N–H and O–H groups in total. The molecule has 0 saturated carbocycles. The summed E-state index contributed by atoms with van der Waals surface area (Å²) in [4.78, 5) is 11.4. The average Bonchev–Trinajstić information content (AvgIpc) is 2.67. The standard InChI is InChI=1S/C23H38O3/c1-3-5-7-12-15-21(18-24)23(25)17-22(16-9-6-4-2)26-19-20-13-10-8-11-14-20/h8,10-11,13-14,18,21-23,25H,3-7,9,12,15-17,19H2,1-2H3/t21-,22+,23+/m1/s1. The number of hydrogen-bond acceptors (Lipinski definition) is 3. The van der Waals surface area contributed by atoms with E-state index in [1.807, 2.05) is 18.2 Å². The summed E-state index contributed by atoms with van der Waals surface area (Å²) in [6.45, 7) is 4.93. The predicted molar refractivity (Wildman–Crippen MR) is 108 cm³/mol. The first-order valence-electron chi connectivity index (χ1n) is 10.5. The largest absolute Gasteiger partial charge is 0.392 e. The maximum atomic E-state index is 11.4. The Morgan fingerprint density at radius 3 is 2.27 bits per heavy atom. The van der Waals surface area contributed by atoms with E-state index < -0.39 is 6.10 Å². The molecule has 1 rings (SSSR count). The van der Waals surface area contributed by atoms with Gasteiger partial charge in [0.05, 0.1) is 18.8 Å². The summed E-state index contributed by atoms with van der Waals surface area (Å²) in [7, 11) is 0. The minimum Gasteiger partial charge on any atom is -0.392 e. The Morgan fingerprint density at radius 1 is 0.962 bits per heavy atom. The van der Waals surface area contributed by atoms with Gasteiger partial charge in [-0.15, -0.1) is 0 Å². The number of ether oxygens (including phenoxy) is 1. The molecular weight excluding hydrogens is 324 g/mol. The molecule has 1 aromatic carbocycles. The van der Waals surface area contributed by atoms with E-state index in [0.717, 1.165) is 44.0 Å². The molecule has 0 bridgehead atoms. The third kappa shape index (κ3) is 10.1. The second kappa shape index (κ2) is 14.9. The Balaban J connectivity index is 2.50. The lowest BCUT2D eigenvalue weighted by Crippen LogP contribution is -2.28. The van der Waals surface area contributed by atoms with Crippen LogP contribution in [0, 0.1) is 5.92 Å². The first kappa shape index (κ1) is 22.9. The summed E-state index contributed by atoms with van der Waals surface area (Å²) in [6, 6.07) is 10.1. The quantitative estimate of drug-likeness (QED) is 0.303. The molecule has 0 unspecified atom stereocenters. The average molecular weight is 363 g/mol. The van der Waals surface area contributed by atoms with E-state index in [9.17, 15) is 9.90 Å². The van der Waals surface area contributed by atoms with E-state index in [2.05, 4.69) is 26.0 Å². The highest BCUT2D eigenvalue weighted by Gasteiger charge is 2.23. The Labute approximate surface area is 160 Å². The molecule has 0 aromatic heterocycles. The van der Waals surface area contributed by atoms with Crippen LogP contribution in [0.3, 0.4) is 0 Å². The molecule has 0 aliphatic rings. The number of carbonyl (C=O) groups excluding carboxylic acids is 1. The van der Waals surface area contributed by atoms with Gasteiger partial charge in [-0.3, -0.25) is 0 Å². The molecule has 26 heavy (non-hydrogen) atoms. The van der Waals surface area contributed by atoms with Crippen molar-refractivity contribution in [3.8, 4) is 0 Å². The van der Waals surface area contributed by atoms with Crippen molar-refractivity contribution in [2.24, 2.45) is 5.92 Å². The lowest BCUT2D eigenvalue weighted by atomic mass is 9.91. The second-order valence-electron chi connectivity index (χ2n) is 7.37. The summed E-state index contributed by atoms with van der Waals surface area (Å²) >= 11 is 0. The molecule has 1 aromatic rings. The van der Waals surface area contributed by atoms with Gasteiger partial charge in [-0.25, -0.2) is 0 Å². The Bertz CT molecular complexity index is 446. The SMILES string of the molecule is CCCCCC[C@H](C=O)[C@@H](O)C[C@H](CCCCC)OCc1ccccc1. The lowest BCUT2D eigenvalue weighted by Gasteiger charge is -2.24. The van der Waals surface area contributed by atoms with Crippen LogP contribution in [0.5, 0.6) is 0 Å². The monoisotopic (exact) mass is 362 g/mol. The normalized spacial score (nSPS) is 14.7. The fraction of sp³-hybridized carbons (Fsp3) is 0.696. The lowest BCUT2D eigenvalue weighted by molar-refractivity contribution is -0.115. The third-order valence-electron chi connectivity index (χ3n) is 5.02. The second-order valence-corrected chi connectivity index (χ2v) is 7.37. The number of unbranched alkanes of at least 4 members (excludes halogenated alkanes) is 5. The van der Waals surface area contributed by atoms with Gasteiger partial charge in [-0.2, -0.15) is 0 Å². The van der Waals surface area contributed by atoms with E-state index in [4.69, 9.17) is 4.74 Å². The van der Waals surface area contributed by atoms with Crippen LogP contribution in [0.1, 0.15) is 83.6 Å². The molecule has 0 amide bonds.